The standard InChI is InChI=1S/C20H23NO3/c22-20(17-7-4-8-18-19(17)24-14-13-23-18)9-11-21(12-10-20)15-16-5-2-1-3-6-16/h1-8,22H,9-15H2. The highest BCUT2D eigenvalue weighted by Crippen LogP contribution is 2.43. The van der Waals surface area contributed by atoms with E-state index in [1.165, 1.54) is 5.56 Å². The van der Waals surface area contributed by atoms with Crippen LogP contribution in [-0.4, -0.2) is 36.3 Å². The summed E-state index contributed by atoms with van der Waals surface area (Å²) in [4.78, 5) is 2.40. The van der Waals surface area contributed by atoms with Gasteiger partial charge in [-0.25, -0.2) is 0 Å². The van der Waals surface area contributed by atoms with Crippen molar-refractivity contribution in [1.82, 2.24) is 4.90 Å². The van der Waals surface area contributed by atoms with Crippen LogP contribution in [0.3, 0.4) is 0 Å². The van der Waals surface area contributed by atoms with Crippen LogP contribution in [-0.2, 0) is 12.1 Å². The highest BCUT2D eigenvalue weighted by molar-refractivity contribution is 5.50. The number of fused-ring (bicyclic) bond motifs is 1. The molecular formula is C20H23NO3. The monoisotopic (exact) mass is 325 g/mol. The van der Waals surface area contributed by atoms with Crippen LogP contribution in [0.2, 0.25) is 0 Å². The number of benzene rings is 2. The second kappa shape index (κ2) is 6.46. The number of hydrogen-bond acceptors (Lipinski definition) is 4. The van der Waals surface area contributed by atoms with Gasteiger partial charge in [-0.1, -0.05) is 42.5 Å². The van der Waals surface area contributed by atoms with Crippen LogP contribution in [0, 0.1) is 0 Å². The minimum absolute atomic E-state index is 0.542. The van der Waals surface area contributed by atoms with Gasteiger partial charge in [-0.2, -0.15) is 0 Å². The number of piperidine rings is 1. The second-order valence-corrected chi connectivity index (χ2v) is 6.62. The Morgan fingerprint density at radius 2 is 1.67 bits per heavy atom. The first-order valence-electron chi connectivity index (χ1n) is 8.62. The Labute approximate surface area is 142 Å². The minimum Gasteiger partial charge on any atom is -0.486 e. The molecule has 24 heavy (non-hydrogen) atoms. The first-order valence-corrected chi connectivity index (χ1v) is 8.62. The third kappa shape index (κ3) is 2.99. The number of aliphatic hydroxyl groups is 1. The molecule has 126 valence electrons. The van der Waals surface area contributed by atoms with Gasteiger partial charge >= 0.3 is 0 Å². The molecule has 0 atom stereocenters. The molecule has 2 aliphatic rings. The molecule has 0 saturated carbocycles. The zero-order chi connectivity index (χ0) is 16.4. The van der Waals surface area contributed by atoms with E-state index >= 15 is 0 Å². The highest BCUT2D eigenvalue weighted by Gasteiger charge is 2.37. The third-order valence-corrected chi connectivity index (χ3v) is 5.00. The normalized spacial score (nSPS) is 19.9. The molecule has 2 aromatic carbocycles. The van der Waals surface area contributed by atoms with Crippen LogP contribution >= 0.6 is 0 Å². The molecule has 0 spiro atoms. The molecule has 0 bridgehead atoms. The zero-order valence-electron chi connectivity index (χ0n) is 13.8. The van der Waals surface area contributed by atoms with E-state index in [9.17, 15) is 5.11 Å². The second-order valence-electron chi connectivity index (χ2n) is 6.62. The van der Waals surface area contributed by atoms with E-state index in [-0.39, 0.29) is 0 Å². The van der Waals surface area contributed by atoms with Gasteiger partial charge in [0.15, 0.2) is 11.5 Å². The lowest BCUT2D eigenvalue weighted by molar-refractivity contribution is -0.0306. The maximum Gasteiger partial charge on any atom is 0.167 e. The number of para-hydroxylation sites is 1. The number of hydrogen-bond donors (Lipinski definition) is 1. The first-order chi connectivity index (χ1) is 11.7. The van der Waals surface area contributed by atoms with E-state index in [0.29, 0.717) is 26.1 Å². The summed E-state index contributed by atoms with van der Waals surface area (Å²) in [6, 6.07) is 16.3. The highest BCUT2D eigenvalue weighted by atomic mass is 16.6. The number of nitrogens with zero attached hydrogens (tertiary/aromatic N) is 1. The van der Waals surface area contributed by atoms with Gasteiger partial charge in [0.2, 0.25) is 0 Å². The van der Waals surface area contributed by atoms with E-state index in [1.807, 2.05) is 24.3 Å². The lowest BCUT2D eigenvalue weighted by Gasteiger charge is -2.39. The average molecular weight is 325 g/mol. The molecule has 4 rings (SSSR count). The summed E-state index contributed by atoms with van der Waals surface area (Å²) in [6.07, 6.45) is 1.42. The van der Waals surface area contributed by atoms with Crippen molar-refractivity contribution >= 4 is 0 Å². The van der Waals surface area contributed by atoms with Crippen LogP contribution < -0.4 is 9.47 Å². The molecule has 2 heterocycles. The molecule has 0 unspecified atom stereocenters. The Morgan fingerprint density at radius 3 is 2.46 bits per heavy atom. The van der Waals surface area contributed by atoms with Crippen molar-refractivity contribution in [3.8, 4) is 11.5 Å². The summed E-state index contributed by atoms with van der Waals surface area (Å²) in [5.74, 6) is 1.47. The zero-order valence-corrected chi connectivity index (χ0v) is 13.8. The van der Waals surface area contributed by atoms with Crippen LogP contribution in [0.1, 0.15) is 24.0 Å². The molecule has 0 aliphatic carbocycles. The van der Waals surface area contributed by atoms with Crippen LogP contribution in [0.4, 0.5) is 0 Å². The molecule has 0 aromatic heterocycles. The molecule has 4 heteroatoms. The van der Waals surface area contributed by atoms with Crippen molar-refractivity contribution in [1.29, 1.82) is 0 Å². The van der Waals surface area contributed by atoms with E-state index in [4.69, 9.17) is 9.47 Å². The van der Waals surface area contributed by atoms with Crippen molar-refractivity contribution in [2.75, 3.05) is 26.3 Å². The molecule has 2 aliphatic heterocycles. The first kappa shape index (κ1) is 15.5. The predicted octanol–water partition coefficient (Wildman–Crippen LogP) is 2.94. The maximum atomic E-state index is 11.2. The summed E-state index contributed by atoms with van der Waals surface area (Å²) >= 11 is 0. The number of likely N-dealkylation sites (tertiary alicyclic amines) is 1. The summed E-state index contributed by atoms with van der Waals surface area (Å²) < 4.78 is 11.5. The Hall–Kier alpha value is -2.04. The summed E-state index contributed by atoms with van der Waals surface area (Å²) in [5, 5.41) is 11.2. The molecule has 0 radical (unpaired) electrons. The Morgan fingerprint density at radius 1 is 0.917 bits per heavy atom. The fourth-order valence-electron chi connectivity index (χ4n) is 3.63. The van der Waals surface area contributed by atoms with Gasteiger partial charge in [0, 0.05) is 25.2 Å². The van der Waals surface area contributed by atoms with Crippen LogP contribution in [0.15, 0.2) is 48.5 Å². The molecule has 1 fully saturated rings. The third-order valence-electron chi connectivity index (χ3n) is 5.00. The summed E-state index contributed by atoms with van der Waals surface area (Å²) in [5.41, 5.74) is 1.36. The molecule has 2 aromatic rings. The smallest absolute Gasteiger partial charge is 0.167 e. The molecular weight excluding hydrogens is 302 g/mol. The molecule has 1 N–H and O–H groups in total. The molecule has 1 saturated heterocycles. The predicted molar refractivity (Wildman–Crippen MR) is 92.3 cm³/mol. The largest absolute Gasteiger partial charge is 0.486 e. The summed E-state index contributed by atoms with van der Waals surface area (Å²) in [6.45, 7) is 3.79. The van der Waals surface area contributed by atoms with Gasteiger partial charge in [0.05, 0.1) is 5.60 Å². The van der Waals surface area contributed by atoms with E-state index in [1.54, 1.807) is 0 Å². The fraction of sp³-hybridized carbons (Fsp3) is 0.400. The van der Waals surface area contributed by atoms with E-state index in [0.717, 1.165) is 36.7 Å². The van der Waals surface area contributed by atoms with Crippen LogP contribution in [0.25, 0.3) is 0 Å². The lowest BCUT2D eigenvalue weighted by atomic mass is 9.83. The van der Waals surface area contributed by atoms with Crippen molar-refractivity contribution < 1.29 is 14.6 Å². The average Bonchev–Trinajstić information content (AvgIpc) is 2.64. The quantitative estimate of drug-likeness (QED) is 0.942. The molecule has 0 amide bonds. The van der Waals surface area contributed by atoms with Gasteiger partial charge in [-0.3, -0.25) is 4.90 Å². The molecule has 4 nitrogen and oxygen atoms in total. The van der Waals surface area contributed by atoms with Crippen molar-refractivity contribution in [3.63, 3.8) is 0 Å². The topological polar surface area (TPSA) is 41.9 Å². The SMILES string of the molecule is OC1(c2cccc3c2OCCO3)CCN(Cc2ccccc2)CC1. The van der Waals surface area contributed by atoms with Crippen molar-refractivity contribution in [3.05, 3.63) is 59.7 Å². The van der Waals surface area contributed by atoms with Crippen molar-refractivity contribution in [2.24, 2.45) is 0 Å². The minimum atomic E-state index is -0.834. The van der Waals surface area contributed by atoms with Crippen molar-refractivity contribution in [2.45, 2.75) is 25.0 Å². The van der Waals surface area contributed by atoms with Gasteiger partial charge in [-0.05, 0) is 24.5 Å². The lowest BCUT2D eigenvalue weighted by Crippen LogP contribution is -2.42. The van der Waals surface area contributed by atoms with Crippen LogP contribution in [0.5, 0.6) is 11.5 Å². The fourth-order valence-corrected chi connectivity index (χ4v) is 3.63. The maximum absolute atomic E-state index is 11.2. The number of rotatable bonds is 3. The number of ether oxygens (including phenoxy) is 2. The van der Waals surface area contributed by atoms with E-state index < -0.39 is 5.60 Å². The van der Waals surface area contributed by atoms with Gasteiger partial charge in [0.1, 0.15) is 13.2 Å². The van der Waals surface area contributed by atoms with E-state index in [2.05, 4.69) is 29.2 Å². The Kier molecular flexibility index (Phi) is 4.17. The Bertz CT molecular complexity index is 693. The summed E-state index contributed by atoms with van der Waals surface area (Å²) in [7, 11) is 0. The van der Waals surface area contributed by atoms with Gasteiger partial charge in [-0.15, -0.1) is 0 Å². The Balaban J connectivity index is 1.48. The van der Waals surface area contributed by atoms with Gasteiger partial charge < -0.3 is 14.6 Å². The van der Waals surface area contributed by atoms with Gasteiger partial charge in [0.25, 0.3) is 0 Å².